The highest BCUT2D eigenvalue weighted by molar-refractivity contribution is 4.89. The quantitative estimate of drug-likeness (QED) is 0.761. The van der Waals surface area contributed by atoms with E-state index in [1.807, 2.05) is 0 Å². The van der Waals surface area contributed by atoms with Crippen molar-refractivity contribution in [2.24, 2.45) is 11.8 Å². The number of nitrogens with one attached hydrogen (secondary N) is 1. The summed E-state index contributed by atoms with van der Waals surface area (Å²) in [6.07, 6.45) is 5.21. The summed E-state index contributed by atoms with van der Waals surface area (Å²) in [5, 5.41) is 3.40. The molecule has 0 amide bonds. The zero-order valence-electron chi connectivity index (χ0n) is 10.0. The molecule has 0 aromatic carbocycles. The topological polar surface area (TPSA) is 15.3 Å². The van der Waals surface area contributed by atoms with Crippen LogP contribution in [0.3, 0.4) is 0 Å². The minimum absolute atomic E-state index is 0.844. The average Bonchev–Trinajstić information content (AvgIpc) is 2.23. The molecule has 2 rings (SSSR count). The lowest BCUT2D eigenvalue weighted by molar-refractivity contribution is 0.0712. The molecule has 1 radical (unpaired) electrons. The molecule has 2 aliphatic heterocycles. The van der Waals surface area contributed by atoms with E-state index in [9.17, 15) is 0 Å². The Bertz CT molecular complexity index is 181. The van der Waals surface area contributed by atoms with Gasteiger partial charge in [-0.1, -0.05) is 20.3 Å². The zero-order valence-corrected chi connectivity index (χ0v) is 10.0. The molecule has 87 valence electrons. The minimum atomic E-state index is 0.844. The van der Waals surface area contributed by atoms with Gasteiger partial charge in [-0.3, -0.25) is 0 Å². The molecule has 2 nitrogen and oxygen atoms in total. The van der Waals surface area contributed by atoms with Gasteiger partial charge in [0.1, 0.15) is 0 Å². The number of likely N-dealkylation sites (tertiary alicyclic amines) is 1. The Morgan fingerprint density at radius 3 is 2.40 bits per heavy atom. The summed E-state index contributed by atoms with van der Waals surface area (Å²) < 4.78 is 0. The molecule has 1 unspecified atom stereocenters. The van der Waals surface area contributed by atoms with Gasteiger partial charge < -0.3 is 10.2 Å². The molecular weight excluding hydrogens is 184 g/mol. The molecule has 0 saturated carbocycles. The van der Waals surface area contributed by atoms with Gasteiger partial charge in [0.15, 0.2) is 0 Å². The van der Waals surface area contributed by atoms with Crippen LogP contribution in [0.4, 0.5) is 0 Å². The third-order valence-electron chi connectivity index (χ3n) is 4.30. The van der Waals surface area contributed by atoms with Crippen molar-refractivity contribution in [1.82, 2.24) is 10.2 Å². The number of hydrogen-bond acceptors (Lipinski definition) is 2. The smallest absolute Gasteiger partial charge is 0.0145 e. The third-order valence-corrected chi connectivity index (χ3v) is 4.30. The van der Waals surface area contributed by atoms with E-state index in [1.54, 1.807) is 0 Å². The first-order chi connectivity index (χ1) is 7.35. The highest BCUT2D eigenvalue weighted by Gasteiger charge is 2.32. The van der Waals surface area contributed by atoms with Crippen molar-refractivity contribution in [2.45, 2.75) is 38.6 Å². The molecule has 2 heteroatoms. The Labute approximate surface area is 94.4 Å². The number of hydrogen-bond donors (Lipinski definition) is 1. The van der Waals surface area contributed by atoms with Gasteiger partial charge in [0.2, 0.25) is 0 Å². The van der Waals surface area contributed by atoms with Crippen LogP contribution in [0, 0.1) is 18.8 Å². The maximum atomic E-state index is 4.03. The lowest BCUT2D eigenvalue weighted by atomic mass is 9.87. The Hall–Kier alpha value is -0.0800. The van der Waals surface area contributed by atoms with E-state index < -0.39 is 0 Å². The van der Waals surface area contributed by atoms with Crippen molar-refractivity contribution in [2.75, 3.05) is 26.2 Å². The Balaban J connectivity index is 1.81. The van der Waals surface area contributed by atoms with Crippen LogP contribution in [-0.4, -0.2) is 37.1 Å². The summed E-state index contributed by atoms with van der Waals surface area (Å²) in [6.45, 7) is 11.5. The monoisotopic (exact) mass is 209 g/mol. The second-order valence-electron chi connectivity index (χ2n) is 5.16. The maximum absolute atomic E-state index is 4.03. The van der Waals surface area contributed by atoms with E-state index >= 15 is 0 Å². The van der Waals surface area contributed by atoms with Gasteiger partial charge >= 0.3 is 0 Å². The first-order valence-corrected chi connectivity index (χ1v) is 6.59. The summed E-state index contributed by atoms with van der Waals surface area (Å²) in [5.74, 6) is 1.82. The Morgan fingerprint density at radius 1 is 1.33 bits per heavy atom. The predicted octanol–water partition coefficient (Wildman–Crippen LogP) is 1.92. The molecule has 1 N–H and O–H groups in total. The molecule has 2 aliphatic rings. The molecule has 2 saturated heterocycles. The van der Waals surface area contributed by atoms with Crippen LogP contribution in [0.2, 0.25) is 0 Å². The number of rotatable bonds is 4. The summed E-state index contributed by atoms with van der Waals surface area (Å²) in [6, 6.07) is 0.844. The van der Waals surface area contributed by atoms with Gasteiger partial charge in [0.05, 0.1) is 0 Å². The Kier molecular flexibility index (Phi) is 4.04. The fourth-order valence-electron chi connectivity index (χ4n) is 3.05. The van der Waals surface area contributed by atoms with Crippen molar-refractivity contribution in [3.05, 3.63) is 6.92 Å². The van der Waals surface area contributed by atoms with Gasteiger partial charge in [-0.15, -0.1) is 0 Å². The number of nitrogens with zero attached hydrogens (tertiary/aromatic N) is 1. The zero-order chi connectivity index (χ0) is 10.7. The van der Waals surface area contributed by atoms with E-state index in [4.69, 9.17) is 0 Å². The van der Waals surface area contributed by atoms with Crippen LogP contribution in [-0.2, 0) is 0 Å². The van der Waals surface area contributed by atoms with Crippen LogP contribution < -0.4 is 5.32 Å². The van der Waals surface area contributed by atoms with Crippen LogP contribution in [0.5, 0.6) is 0 Å². The normalized spacial score (nSPS) is 27.6. The SMILES string of the molecule is [CH2]CC1CCN(C(CC)C2CNC2)CC1. The first kappa shape index (κ1) is 11.4. The van der Waals surface area contributed by atoms with Crippen LogP contribution >= 0.6 is 0 Å². The molecule has 1 atom stereocenters. The maximum Gasteiger partial charge on any atom is 0.0145 e. The summed E-state index contributed by atoms with van der Waals surface area (Å²) in [7, 11) is 0. The van der Waals surface area contributed by atoms with Gasteiger partial charge in [0, 0.05) is 19.1 Å². The van der Waals surface area contributed by atoms with Crippen molar-refractivity contribution in [3.8, 4) is 0 Å². The van der Waals surface area contributed by atoms with Crippen molar-refractivity contribution >= 4 is 0 Å². The van der Waals surface area contributed by atoms with E-state index in [0.29, 0.717) is 0 Å². The van der Waals surface area contributed by atoms with E-state index in [1.165, 1.54) is 45.4 Å². The van der Waals surface area contributed by atoms with Gasteiger partial charge in [0.25, 0.3) is 0 Å². The molecule has 15 heavy (non-hydrogen) atoms. The number of piperidine rings is 1. The lowest BCUT2D eigenvalue weighted by Crippen LogP contribution is -2.55. The van der Waals surface area contributed by atoms with Crippen molar-refractivity contribution < 1.29 is 0 Å². The average molecular weight is 209 g/mol. The highest BCUT2D eigenvalue weighted by atomic mass is 15.2. The molecule has 0 aromatic heterocycles. The summed E-state index contributed by atoms with van der Waals surface area (Å²) in [5.41, 5.74) is 0. The lowest BCUT2D eigenvalue weighted by Gasteiger charge is -2.44. The van der Waals surface area contributed by atoms with E-state index in [-0.39, 0.29) is 0 Å². The molecule has 0 aromatic rings. The summed E-state index contributed by atoms with van der Waals surface area (Å²) >= 11 is 0. The van der Waals surface area contributed by atoms with Crippen LogP contribution in [0.1, 0.15) is 32.6 Å². The fourth-order valence-corrected chi connectivity index (χ4v) is 3.05. The van der Waals surface area contributed by atoms with Gasteiger partial charge in [-0.2, -0.15) is 0 Å². The summed E-state index contributed by atoms with van der Waals surface area (Å²) in [4.78, 5) is 2.73. The van der Waals surface area contributed by atoms with Crippen molar-refractivity contribution in [3.63, 3.8) is 0 Å². The molecule has 0 bridgehead atoms. The van der Waals surface area contributed by atoms with Crippen LogP contribution in [0.25, 0.3) is 0 Å². The van der Waals surface area contributed by atoms with Gasteiger partial charge in [-0.05, 0) is 44.2 Å². The standard InChI is InChI=1S/C13H25N2/c1-3-11-5-7-15(8-6-11)13(4-2)12-9-14-10-12/h11-14H,1,3-10H2,2H3. The largest absolute Gasteiger partial charge is 0.316 e. The fraction of sp³-hybridized carbons (Fsp3) is 0.923. The second kappa shape index (κ2) is 5.31. The highest BCUT2D eigenvalue weighted by Crippen LogP contribution is 2.26. The van der Waals surface area contributed by atoms with Crippen LogP contribution in [0.15, 0.2) is 0 Å². The minimum Gasteiger partial charge on any atom is -0.316 e. The molecular formula is C13H25N2. The van der Waals surface area contributed by atoms with Crippen molar-refractivity contribution in [1.29, 1.82) is 0 Å². The second-order valence-corrected chi connectivity index (χ2v) is 5.16. The first-order valence-electron chi connectivity index (χ1n) is 6.59. The van der Waals surface area contributed by atoms with E-state index in [2.05, 4.69) is 24.1 Å². The molecule has 0 aliphatic carbocycles. The molecule has 2 heterocycles. The van der Waals surface area contributed by atoms with Gasteiger partial charge in [-0.25, -0.2) is 0 Å². The predicted molar refractivity (Wildman–Crippen MR) is 64.7 cm³/mol. The Morgan fingerprint density at radius 2 is 2.00 bits per heavy atom. The van der Waals surface area contributed by atoms with E-state index in [0.717, 1.165) is 24.3 Å². The molecule has 0 spiro atoms. The third kappa shape index (κ3) is 2.54. The molecule has 2 fully saturated rings.